The molecule has 1 aromatic carbocycles. The summed E-state index contributed by atoms with van der Waals surface area (Å²) in [5.41, 5.74) is 1.26. The number of halogens is 1. The standard InChI is InChI=1S/C16H15ClN2O2/c17-12-6-7-18-15(9-12)16(21)19(13-4-5-13)10-11-2-1-3-14(20)8-11/h1-3,6-9,13,20H,4-5,10H2. The second-order valence-corrected chi connectivity index (χ2v) is 5.63. The molecule has 1 saturated carbocycles. The molecule has 1 fully saturated rings. The van der Waals surface area contributed by atoms with E-state index in [1.807, 2.05) is 6.07 Å². The molecule has 0 unspecified atom stereocenters. The molecule has 1 aliphatic rings. The van der Waals surface area contributed by atoms with Crippen LogP contribution < -0.4 is 0 Å². The fourth-order valence-corrected chi connectivity index (χ4v) is 2.43. The van der Waals surface area contributed by atoms with Crippen LogP contribution in [0.4, 0.5) is 0 Å². The summed E-state index contributed by atoms with van der Waals surface area (Å²) >= 11 is 5.93. The lowest BCUT2D eigenvalue weighted by Gasteiger charge is -2.22. The quantitative estimate of drug-likeness (QED) is 0.943. The van der Waals surface area contributed by atoms with Crippen molar-refractivity contribution in [1.29, 1.82) is 0 Å². The number of rotatable bonds is 4. The van der Waals surface area contributed by atoms with Gasteiger partial charge in [0.05, 0.1) is 0 Å². The molecule has 1 N–H and O–H groups in total. The lowest BCUT2D eigenvalue weighted by molar-refractivity contribution is 0.0723. The summed E-state index contributed by atoms with van der Waals surface area (Å²) in [4.78, 5) is 18.5. The van der Waals surface area contributed by atoms with Gasteiger partial charge >= 0.3 is 0 Å². The number of nitrogens with zero attached hydrogens (tertiary/aromatic N) is 2. The Hall–Kier alpha value is -2.07. The van der Waals surface area contributed by atoms with Crippen LogP contribution >= 0.6 is 11.6 Å². The number of carbonyl (C=O) groups is 1. The zero-order valence-corrected chi connectivity index (χ0v) is 12.1. The first-order chi connectivity index (χ1) is 10.1. The number of hydrogen-bond donors (Lipinski definition) is 1. The van der Waals surface area contributed by atoms with Crippen LogP contribution in [-0.4, -0.2) is 26.9 Å². The van der Waals surface area contributed by atoms with E-state index in [9.17, 15) is 9.90 Å². The Balaban J connectivity index is 1.83. The SMILES string of the molecule is O=C(c1cc(Cl)ccn1)N(Cc1cccc(O)c1)C1CC1. The summed E-state index contributed by atoms with van der Waals surface area (Å²) in [6, 6.07) is 10.4. The number of benzene rings is 1. The minimum atomic E-state index is -0.122. The number of carbonyl (C=O) groups excluding carboxylic acids is 1. The van der Waals surface area contributed by atoms with Crippen molar-refractivity contribution in [2.24, 2.45) is 0 Å². The number of phenols is 1. The van der Waals surface area contributed by atoms with Gasteiger partial charge < -0.3 is 10.0 Å². The van der Waals surface area contributed by atoms with E-state index in [1.165, 1.54) is 6.20 Å². The smallest absolute Gasteiger partial charge is 0.273 e. The molecule has 0 bridgehead atoms. The van der Waals surface area contributed by atoms with E-state index < -0.39 is 0 Å². The number of phenolic OH excluding ortho intramolecular Hbond substituents is 1. The van der Waals surface area contributed by atoms with E-state index in [2.05, 4.69) is 4.98 Å². The Morgan fingerprint density at radius 2 is 2.14 bits per heavy atom. The fourth-order valence-electron chi connectivity index (χ4n) is 2.27. The molecule has 1 aliphatic carbocycles. The molecule has 0 saturated heterocycles. The van der Waals surface area contributed by atoms with Gasteiger partial charge in [-0.05, 0) is 42.7 Å². The maximum atomic E-state index is 12.6. The zero-order valence-electron chi connectivity index (χ0n) is 11.4. The largest absolute Gasteiger partial charge is 0.508 e. The molecule has 3 rings (SSSR count). The predicted molar refractivity (Wildman–Crippen MR) is 80.2 cm³/mol. The monoisotopic (exact) mass is 302 g/mol. The number of aromatic nitrogens is 1. The lowest BCUT2D eigenvalue weighted by Crippen LogP contribution is -2.33. The third-order valence-corrected chi connectivity index (χ3v) is 3.69. The highest BCUT2D eigenvalue weighted by Gasteiger charge is 2.33. The van der Waals surface area contributed by atoms with Crippen molar-refractivity contribution in [2.45, 2.75) is 25.4 Å². The normalized spacial score (nSPS) is 14.0. The molecule has 1 aromatic heterocycles. The maximum absolute atomic E-state index is 12.6. The predicted octanol–water partition coefficient (Wildman–Crippen LogP) is 3.25. The molecule has 2 aromatic rings. The average Bonchev–Trinajstić information content (AvgIpc) is 3.29. The van der Waals surface area contributed by atoms with Crippen molar-refractivity contribution >= 4 is 17.5 Å². The zero-order chi connectivity index (χ0) is 14.8. The fraction of sp³-hybridized carbons (Fsp3) is 0.250. The van der Waals surface area contributed by atoms with Gasteiger partial charge in [-0.3, -0.25) is 9.78 Å². The van der Waals surface area contributed by atoms with Crippen LogP contribution in [0.1, 0.15) is 28.9 Å². The van der Waals surface area contributed by atoms with Crippen LogP contribution in [-0.2, 0) is 6.54 Å². The topological polar surface area (TPSA) is 53.4 Å². The summed E-state index contributed by atoms with van der Waals surface area (Å²) < 4.78 is 0. The molecule has 4 nitrogen and oxygen atoms in total. The van der Waals surface area contributed by atoms with Gasteiger partial charge in [0.1, 0.15) is 11.4 Å². The summed E-state index contributed by atoms with van der Waals surface area (Å²) in [5, 5.41) is 10.0. The molecule has 1 amide bonds. The Morgan fingerprint density at radius 3 is 2.81 bits per heavy atom. The maximum Gasteiger partial charge on any atom is 0.273 e. The Bertz CT molecular complexity index is 671. The summed E-state index contributed by atoms with van der Waals surface area (Å²) in [5.74, 6) is 0.0833. The highest BCUT2D eigenvalue weighted by atomic mass is 35.5. The second-order valence-electron chi connectivity index (χ2n) is 5.19. The van der Waals surface area contributed by atoms with Gasteiger partial charge in [0.25, 0.3) is 5.91 Å². The van der Waals surface area contributed by atoms with Crippen molar-refractivity contribution in [3.8, 4) is 5.75 Å². The second kappa shape index (κ2) is 5.74. The van der Waals surface area contributed by atoms with Gasteiger partial charge in [0.2, 0.25) is 0 Å². The molecule has 21 heavy (non-hydrogen) atoms. The Morgan fingerprint density at radius 1 is 1.33 bits per heavy atom. The van der Waals surface area contributed by atoms with E-state index in [0.717, 1.165) is 18.4 Å². The molecule has 108 valence electrons. The van der Waals surface area contributed by atoms with Crippen molar-refractivity contribution in [3.05, 3.63) is 58.9 Å². The van der Waals surface area contributed by atoms with Gasteiger partial charge in [0.15, 0.2) is 0 Å². The third-order valence-electron chi connectivity index (χ3n) is 3.45. The van der Waals surface area contributed by atoms with E-state index in [4.69, 9.17) is 11.6 Å². The first-order valence-electron chi connectivity index (χ1n) is 6.84. The van der Waals surface area contributed by atoms with Gasteiger partial charge in [-0.15, -0.1) is 0 Å². The van der Waals surface area contributed by atoms with Crippen LogP contribution in [0.15, 0.2) is 42.6 Å². The molecule has 0 aliphatic heterocycles. The summed E-state index contributed by atoms with van der Waals surface area (Å²) in [6.07, 6.45) is 3.55. The lowest BCUT2D eigenvalue weighted by atomic mass is 10.2. The van der Waals surface area contributed by atoms with Crippen LogP contribution in [0.3, 0.4) is 0 Å². The van der Waals surface area contributed by atoms with Gasteiger partial charge in [-0.25, -0.2) is 0 Å². The molecule has 0 spiro atoms. The highest BCUT2D eigenvalue weighted by Crippen LogP contribution is 2.30. The van der Waals surface area contributed by atoms with Crippen molar-refractivity contribution in [1.82, 2.24) is 9.88 Å². The number of pyridine rings is 1. The minimum absolute atomic E-state index is 0.122. The first kappa shape index (κ1) is 13.9. The van der Waals surface area contributed by atoms with Crippen LogP contribution in [0.5, 0.6) is 5.75 Å². The van der Waals surface area contributed by atoms with E-state index in [-0.39, 0.29) is 17.7 Å². The van der Waals surface area contributed by atoms with Crippen LogP contribution in [0.25, 0.3) is 0 Å². The first-order valence-corrected chi connectivity index (χ1v) is 7.22. The van der Waals surface area contributed by atoms with E-state index >= 15 is 0 Å². The summed E-state index contributed by atoms with van der Waals surface area (Å²) in [7, 11) is 0. The highest BCUT2D eigenvalue weighted by molar-refractivity contribution is 6.30. The van der Waals surface area contributed by atoms with Gasteiger partial charge in [-0.2, -0.15) is 0 Å². The molecule has 0 radical (unpaired) electrons. The summed E-state index contributed by atoms with van der Waals surface area (Å²) in [6.45, 7) is 0.464. The van der Waals surface area contributed by atoms with Crippen molar-refractivity contribution in [3.63, 3.8) is 0 Å². The average molecular weight is 303 g/mol. The van der Waals surface area contributed by atoms with Crippen molar-refractivity contribution < 1.29 is 9.90 Å². The minimum Gasteiger partial charge on any atom is -0.508 e. The number of aromatic hydroxyl groups is 1. The molecular weight excluding hydrogens is 288 g/mol. The van der Waals surface area contributed by atoms with E-state index in [1.54, 1.807) is 35.2 Å². The Kier molecular flexibility index (Phi) is 3.80. The van der Waals surface area contributed by atoms with Crippen LogP contribution in [0.2, 0.25) is 5.02 Å². The molecular formula is C16H15ClN2O2. The molecule has 5 heteroatoms. The van der Waals surface area contributed by atoms with Gasteiger partial charge in [0, 0.05) is 23.8 Å². The molecule has 1 heterocycles. The van der Waals surface area contributed by atoms with Gasteiger partial charge in [-0.1, -0.05) is 23.7 Å². The number of amides is 1. The van der Waals surface area contributed by atoms with E-state index in [0.29, 0.717) is 17.3 Å². The Labute approximate surface area is 128 Å². The number of hydrogen-bond acceptors (Lipinski definition) is 3. The molecule has 0 atom stereocenters. The third kappa shape index (κ3) is 3.34. The van der Waals surface area contributed by atoms with Crippen molar-refractivity contribution in [2.75, 3.05) is 0 Å². The van der Waals surface area contributed by atoms with Crippen LogP contribution in [0, 0.1) is 0 Å².